The zero-order chi connectivity index (χ0) is 13.4. The fourth-order valence-corrected chi connectivity index (χ4v) is 2.02. The van der Waals surface area contributed by atoms with Crippen LogP contribution in [0.2, 0.25) is 0 Å². The van der Waals surface area contributed by atoms with E-state index in [0.29, 0.717) is 0 Å². The van der Waals surface area contributed by atoms with E-state index in [1.807, 2.05) is 30.3 Å². The minimum atomic E-state index is -0.816. The molecule has 0 aliphatic heterocycles. The first-order valence-electron chi connectivity index (χ1n) is 6.69. The standard InChI is InChI=1S/C15H23NO2/c1-3-4-6-9-12(2)16-14(15(17)18)13-10-7-5-8-11-13/h5,7-8,10-12,14,16H,3-4,6,9H2,1-2H3,(H,17,18). The molecule has 0 radical (unpaired) electrons. The molecule has 0 aliphatic rings. The number of aliphatic carboxylic acids is 1. The molecule has 0 bridgehead atoms. The maximum absolute atomic E-state index is 11.3. The van der Waals surface area contributed by atoms with E-state index in [4.69, 9.17) is 0 Å². The third kappa shape index (κ3) is 4.88. The second-order valence-electron chi connectivity index (χ2n) is 4.75. The summed E-state index contributed by atoms with van der Waals surface area (Å²) < 4.78 is 0. The molecule has 3 heteroatoms. The first kappa shape index (κ1) is 14.7. The van der Waals surface area contributed by atoms with Crippen molar-refractivity contribution in [3.63, 3.8) is 0 Å². The van der Waals surface area contributed by atoms with Gasteiger partial charge in [0, 0.05) is 6.04 Å². The van der Waals surface area contributed by atoms with E-state index in [1.54, 1.807) is 0 Å². The van der Waals surface area contributed by atoms with E-state index >= 15 is 0 Å². The maximum atomic E-state index is 11.3. The van der Waals surface area contributed by atoms with Gasteiger partial charge in [-0.15, -0.1) is 0 Å². The topological polar surface area (TPSA) is 49.3 Å². The highest BCUT2D eigenvalue weighted by Gasteiger charge is 2.20. The van der Waals surface area contributed by atoms with Crippen molar-refractivity contribution in [2.24, 2.45) is 0 Å². The Kier molecular flexibility index (Phi) is 6.44. The van der Waals surface area contributed by atoms with Gasteiger partial charge in [0.05, 0.1) is 0 Å². The molecule has 2 N–H and O–H groups in total. The number of carbonyl (C=O) groups is 1. The van der Waals surface area contributed by atoms with E-state index in [9.17, 15) is 9.90 Å². The summed E-state index contributed by atoms with van der Waals surface area (Å²) in [5, 5.41) is 12.5. The van der Waals surface area contributed by atoms with Crippen LogP contribution in [0.4, 0.5) is 0 Å². The molecule has 0 aliphatic carbocycles. The van der Waals surface area contributed by atoms with Gasteiger partial charge in [-0.25, -0.2) is 0 Å². The predicted octanol–water partition coefficient (Wildman–Crippen LogP) is 3.37. The smallest absolute Gasteiger partial charge is 0.325 e. The van der Waals surface area contributed by atoms with Gasteiger partial charge in [-0.05, 0) is 18.9 Å². The minimum Gasteiger partial charge on any atom is -0.480 e. The third-order valence-electron chi connectivity index (χ3n) is 3.07. The number of hydrogen-bond acceptors (Lipinski definition) is 2. The number of benzene rings is 1. The Morgan fingerprint density at radius 3 is 2.50 bits per heavy atom. The fraction of sp³-hybridized carbons (Fsp3) is 0.533. The summed E-state index contributed by atoms with van der Waals surface area (Å²) in [4.78, 5) is 11.3. The summed E-state index contributed by atoms with van der Waals surface area (Å²) in [5.41, 5.74) is 0.812. The minimum absolute atomic E-state index is 0.220. The lowest BCUT2D eigenvalue weighted by atomic mass is 10.0. The first-order valence-corrected chi connectivity index (χ1v) is 6.69. The largest absolute Gasteiger partial charge is 0.480 e. The van der Waals surface area contributed by atoms with Crippen molar-refractivity contribution in [1.29, 1.82) is 0 Å². The van der Waals surface area contributed by atoms with E-state index in [-0.39, 0.29) is 6.04 Å². The lowest BCUT2D eigenvalue weighted by molar-refractivity contribution is -0.139. The van der Waals surface area contributed by atoms with Crippen molar-refractivity contribution in [2.75, 3.05) is 0 Å². The molecule has 18 heavy (non-hydrogen) atoms. The molecule has 3 nitrogen and oxygen atoms in total. The van der Waals surface area contributed by atoms with Crippen LogP contribution in [0.5, 0.6) is 0 Å². The van der Waals surface area contributed by atoms with Crippen LogP contribution >= 0.6 is 0 Å². The summed E-state index contributed by atoms with van der Waals surface area (Å²) in [6.07, 6.45) is 4.55. The average Bonchev–Trinajstić information content (AvgIpc) is 2.37. The van der Waals surface area contributed by atoms with Gasteiger partial charge in [0.15, 0.2) is 0 Å². The molecule has 0 aromatic heterocycles. The number of rotatable bonds is 8. The number of carboxylic acid groups (broad SMARTS) is 1. The molecular weight excluding hydrogens is 226 g/mol. The molecule has 0 saturated carbocycles. The second-order valence-corrected chi connectivity index (χ2v) is 4.75. The molecule has 0 spiro atoms. The molecule has 0 fully saturated rings. The summed E-state index contributed by atoms with van der Waals surface area (Å²) in [7, 11) is 0. The number of nitrogens with one attached hydrogen (secondary N) is 1. The Balaban J connectivity index is 2.56. The normalized spacial score (nSPS) is 14.1. The third-order valence-corrected chi connectivity index (χ3v) is 3.07. The van der Waals surface area contributed by atoms with Crippen LogP contribution in [-0.2, 0) is 4.79 Å². The van der Waals surface area contributed by atoms with Gasteiger partial charge in [-0.3, -0.25) is 10.1 Å². The highest BCUT2D eigenvalue weighted by atomic mass is 16.4. The van der Waals surface area contributed by atoms with Gasteiger partial charge in [0.1, 0.15) is 6.04 Å². The molecule has 100 valence electrons. The Labute approximate surface area is 109 Å². The van der Waals surface area contributed by atoms with Crippen LogP contribution < -0.4 is 5.32 Å². The average molecular weight is 249 g/mol. The SMILES string of the molecule is CCCCCC(C)NC(C(=O)O)c1ccccc1. The lowest BCUT2D eigenvalue weighted by Crippen LogP contribution is -2.35. The Hall–Kier alpha value is -1.35. The fourth-order valence-electron chi connectivity index (χ4n) is 2.02. The number of hydrogen-bond donors (Lipinski definition) is 2. The molecule has 2 unspecified atom stereocenters. The van der Waals surface area contributed by atoms with Crippen molar-refractivity contribution >= 4 is 5.97 Å². The van der Waals surface area contributed by atoms with Crippen molar-refractivity contribution in [3.8, 4) is 0 Å². The number of unbranched alkanes of at least 4 members (excludes halogenated alkanes) is 2. The van der Waals surface area contributed by atoms with Crippen molar-refractivity contribution in [1.82, 2.24) is 5.32 Å². The van der Waals surface area contributed by atoms with Gasteiger partial charge < -0.3 is 5.11 Å². The molecule has 2 atom stereocenters. The summed E-state index contributed by atoms with van der Waals surface area (Å²) in [5.74, 6) is -0.816. The maximum Gasteiger partial charge on any atom is 0.325 e. The highest BCUT2D eigenvalue weighted by Crippen LogP contribution is 2.15. The van der Waals surface area contributed by atoms with E-state index in [1.165, 1.54) is 12.8 Å². The Morgan fingerprint density at radius 2 is 1.94 bits per heavy atom. The molecule has 1 aromatic rings. The molecule has 0 heterocycles. The summed E-state index contributed by atoms with van der Waals surface area (Å²) >= 11 is 0. The second kappa shape index (κ2) is 7.88. The zero-order valence-electron chi connectivity index (χ0n) is 11.2. The Bertz CT molecular complexity index is 351. The number of carboxylic acids is 1. The lowest BCUT2D eigenvalue weighted by Gasteiger charge is -2.20. The molecule has 1 rings (SSSR count). The van der Waals surface area contributed by atoms with Crippen molar-refractivity contribution in [3.05, 3.63) is 35.9 Å². The monoisotopic (exact) mass is 249 g/mol. The first-order chi connectivity index (χ1) is 8.65. The van der Waals surface area contributed by atoms with E-state index in [0.717, 1.165) is 18.4 Å². The summed E-state index contributed by atoms with van der Waals surface area (Å²) in [6, 6.07) is 8.95. The van der Waals surface area contributed by atoms with Gasteiger partial charge in [0.25, 0.3) is 0 Å². The van der Waals surface area contributed by atoms with Gasteiger partial charge in [-0.2, -0.15) is 0 Å². The molecule has 0 saturated heterocycles. The molecule has 0 amide bonds. The predicted molar refractivity (Wildman–Crippen MR) is 73.6 cm³/mol. The quantitative estimate of drug-likeness (QED) is 0.694. The highest BCUT2D eigenvalue weighted by molar-refractivity contribution is 5.75. The van der Waals surface area contributed by atoms with Gasteiger partial charge in [-0.1, -0.05) is 56.5 Å². The van der Waals surface area contributed by atoms with Crippen molar-refractivity contribution < 1.29 is 9.90 Å². The van der Waals surface area contributed by atoms with Crippen LogP contribution in [0.1, 0.15) is 51.1 Å². The zero-order valence-corrected chi connectivity index (χ0v) is 11.2. The molecular formula is C15H23NO2. The van der Waals surface area contributed by atoms with Crippen LogP contribution in [0, 0.1) is 0 Å². The van der Waals surface area contributed by atoms with Crippen LogP contribution in [0.15, 0.2) is 30.3 Å². The van der Waals surface area contributed by atoms with Gasteiger partial charge in [0.2, 0.25) is 0 Å². The van der Waals surface area contributed by atoms with E-state index in [2.05, 4.69) is 19.2 Å². The molecule has 1 aromatic carbocycles. The van der Waals surface area contributed by atoms with Crippen LogP contribution in [-0.4, -0.2) is 17.1 Å². The van der Waals surface area contributed by atoms with Crippen molar-refractivity contribution in [2.45, 2.75) is 51.6 Å². The summed E-state index contributed by atoms with van der Waals surface area (Å²) in [6.45, 7) is 4.22. The van der Waals surface area contributed by atoms with Gasteiger partial charge >= 0.3 is 5.97 Å². The van der Waals surface area contributed by atoms with Crippen LogP contribution in [0.3, 0.4) is 0 Å². The van der Waals surface area contributed by atoms with Crippen LogP contribution in [0.25, 0.3) is 0 Å². The Morgan fingerprint density at radius 1 is 1.28 bits per heavy atom. The van der Waals surface area contributed by atoms with E-state index < -0.39 is 12.0 Å².